The van der Waals surface area contributed by atoms with Crippen LogP contribution < -0.4 is 14.8 Å². The number of benzene rings is 3. The largest absolute Gasteiger partial charge is 0.456 e. The molecule has 5 rings (SSSR count). The Balaban J connectivity index is 1.64. The van der Waals surface area contributed by atoms with Crippen LogP contribution in [0.1, 0.15) is 35.7 Å². The summed E-state index contributed by atoms with van der Waals surface area (Å²) in [6.45, 7) is 4.91. The van der Waals surface area contributed by atoms with E-state index >= 15 is 0 Å². The maximum absolute atomic E-state index is 13.7. The second kappa shape index (κ2) is 8.77. The molecule has 1 fully saturated rings. The van der Waals surface area contributed by atoms with Gasteiger partial charge >= 0.3 is 0 Å². The summed E-state index contributed by atoms with van der Waals surface area (Å²) in [5.41, 5.74) is 1.63. The molecule has 0 aliphatic carbocycles. The Hall–Kier alpha value is -3.36. The van der Waals surface area contributed by atoms with Crippen molar-refractivity contribution >= 4 is 21.6 Å². The molecule has 2 aliphatic rings. The van der Waals surface area contributed by atoms with Gasteiger partial charge in [0.1, 0.15) is 16.4 Å². The molecule has 176 valence electrons. The third kappa shape index (κ3) is 4.26. The Bertz CT molecular complexity index is 1350. The van der Waals surface area contributed by atoms with Crippen LogP contribution in [0.15, 0.2) is 65.6 Å². The number of nitrogens with one attached hydrogen (secondary N) is 1. The van der Waals surface area contributed by atoms with Gasteiger partial charge in [-0.05, 0) is 61.6 Å². The molecular weight excluding hydrogens is 452 g/mol. The summed E-state index contributed by atoms with van der Waals surface area (Å²) < 4.78 is 41.0. The van der Waals surface area contributed by atoms with Gasteiger partial charge in [-0.2, -0.15) is 4.31 Å². The van der Waals surface area contributed by atoms with Crippen LogP contribution in [0.2, 0.25) is 0 Å². The molecular formula is C26H26N2O5S. The summed E-state index contributed by atoms with van der Waals surface area (Å²) in [6, 6.07) is 17.3. The van der Waals surface area contributed by atoms with Gasteiger partial charge in [0.05, 0.1) is 11.3 Å². The Kier molecular flexibility index (Phi) is 5.79. The quantitative estimate of drug-likeness (QED) is 0.530. The molecule has 3 aromatic rings. The summed E-state index contributed by atoms with van der Waals surface area (Å²) >= 11 is 0. The number of para-hydroxylation sites is 1. The smallest absolute Gasteiger partial charge is 0.259 e. The first-order valence-corrected chi connectivity index (χ1v) is 12.8. The summed E-state index contributed by atoms with van der Waals surface area (Å²) in [5, 5.41) is 2.83. The fourth-order valence-electron chi connectivity index (χ4n) is 4.19. The number of sulfonamides is 1. The van der Waals surface area contributed by atoms with E-state index in [2.05, 4.69) is 12.2 Å². The number of hydrogen-bond acceptors (Lipinski definition) is 5. The number of nitrogens with zero attached hydrogens (tertiary/aromatic N) is 1. The van der Waals surface area contributed by atoms with Gasteiger partial charge in [-0.3, -0.25) is 4.79 Å². The highest BCUT2D eigenvalue weighted by Crippen LogP contribution is 2.42. The maximum Gasteiger partial charge on any atom is 0.259 e. The van der Waals surface area contributed by atoms with Gasteiger partial charge in [0.25, 0.3) is 5.91 Å². The van der Waals surface area contributed by atoms with Crippen LogP contribution >= 0.6 is 0 Å². The van der Waals surface area contributed by atoms with E-state index in [1.54, 1.807) is 18.2 Å². The number of ether oxygens (including phenoxy) is 2. The molecule has 0 aromatic heterocycles. The van der Waals surface area contributed by atoms with E-state index in [1.165, 1.54) is 16.4 Å². The van der Waals surface area contributed by atoms with Crippen molar-refractivity contribution < 1.29 is 22.7 Å². The maximum atomic E-state index is 13.7. The molecule has 2 heterocycles. The molecule has 0 spiro atoms. The summed E-state index contributed by atoms with van der Waals surface area (Å²) in [7, 11) is -3.91. The predicted octanol–water partition coefficient (Wildman–Crippen LogP) is 5.57. The molecule has 3 aromatic carbocycles. The Morgan fingerprint density at radius 3 is 2.47 bits per heavy atom. The number of hydrogen-bond donors (Lipinski definition) is 1. The van der Waals surface area contributed by atoms with Gasteiger partial charge in [0, 0.05) is 19.2 Å². The van der Waals surface area contributed by atoms with Gasteiger partial charge in [-0.25, -0.2) is 8.42 Å². The molecule has 0 bridgehead atoms. The zero-order valence-electron chi connectivity index (χ0n) is 19.1. The van der Waals surface area contributed by atoms with Crippen LogP contribution in [0.3, 0.4) is 0 Å². The van der Waals surface area contributed by atoms with Crippen LogP contribution in [0.4, 0.5) is 5.69 Å². The van der Waals surface area contributed by atoms with Gasteiger partial charge in [0.15, 0.2) is 11.5 Å². The van der Waals surface area contributed by atoms with E-state index in [4.69, 9.17) is 9.47 Å². The van der Waals surface area contributed by atoms with Crippen molar-refractivity contribution in [1.82, 2.24) is 4.31 Å². The molecule has 0 radical (unpaired) electrons. The van der Waals surface area contributed by atoms with Gasteiger partial charge in [-0.1, -0.05) is 31.2 Å². The van der Waals surface area contributed by atoms with E-state index in [-0.39, 0.29) is 22.0 Å². The highest BCUT2D eigenvalue weighted by atomic mass is 32.2. The van der Waals surface area contributed by atoms with E-state index in [0.29, 0.717) is 36.2 Å². The number of rotatable bonds is 4. The molecule has 34 heavy (non-hydrogen) atoms. The standard InChI is InChI=1S/C26H26N2O5S/c1-17-10-12-28(13-11-17)34(30,31)25-15-20-22(16-24(25)32-19-6-4-3-5-7-19)33-23-14-18(2)8-9-21(23)27-26(20)29/h3-9,14-17H,10-13H2,1-2H3,(H,27,29). The highest BCUT2D eigenvalue weighted by molar-refractivity contribution is 7.89. The monoisotopic (exact) mass is 478 g/mol. The first-order chi connectivity index (χ1) is 16.3. The molecule has 0 atom stereocenters. The summed E-state index contributed by atoms with van der Waals surface area (Å²) in [6.07, 6.45) is 1.58. The van der Waals surface area contributed by atoms with Crippen LogP contribution in [0.5, 0.6) is 23.0 Å². The number of anilines is 1. The topological polar surface area (TPSA) is 84.9 Å². The van der Waals surface area contributed by atoms with Gasteiger partial charge in [-0.15, -0.1) is 0 Å². The van der Waals surface area contributed by atoms with E-state index in [1.807, 2.05) is 37.3 Å². The van der Waals surface area contributed by atoms with Crippen LogP contribution in [0, 0.1) is 12.8 Å². The second-order valence-corrected chi connectivity index (χ2v) is 10.8. The molecule has 1 N–H and O–H groups in total. The molecule has 1 amide bonds. The SMILES string of the molecule is Cc1ccc2c(c1)Oc1cc(Oc3ccccc3)c(S(=O)(=O)N3CCC(C)CC3)cc1C(=O)N2. The molecule has 1 saturated heterocycles. The molecule has 7 nitrogen and oxygen atoms in total. The van der Waals surface area contributed by atoms with Crippen molar-refractivity contribution in [2.45, 2.75) is 31.6 Å². The van der Waals surface area contributed by atoms with Crippen molar-refractivity contribution in [3.63, 3.8) is 0 Å². The minimum absolute atomic E-state index is 0.0504. The highest BCUT2D eigenvalue weighted by Gasteiger charge is 2.34. The van der Waals surface area contributed by atoms with E-state index < -0.39 is 15.9 Å². The number of carbonyl (C=O) groups excluding carboxylic acids is 1. The zero-order chi connectivity index (χ0) is 23.9. The predicted molar refractivity (Wildman–Crippen MR) is 129 cm³/mol. The number of amides is 1. The number of fused-ring (bicyclic) bond motifs is 2. The minimum atomic E-state index is -3.91. The summed E-state index contributed by atoms with van der Waals surface area (Å²) in [5.74, 6) is 1.36. The Labute approximate surface area is 199 Å². The lowest BCUT2D eigenvalue weighted by atomic mass is 10.0. The average molecular weight is 479 g/mol. The minimum Gasteiger partial charge on any atom is -0.456 e. The van der Waals surface area contributed by atoms with Crippen molar-refractivity contribution in [2.24, 2.45) is 5.92 Å². The molecule has 0 saturated carbocycles. The average Bonchev–Trinajstić information content (AvgIpc) is 2.94. The van der Waals surface area contributed by atoms with Gasteiger partial charge in [0.2, 0.25) is 10.0 Å². The molecule has 8 heteroatoms. The fraction of sp³-hybridized carbons (Fsp3) is 0.269. The summed E-state index contributed by atoms with van der Waals surface area (Å²) in [4.78, 5) is 13.0. The van der Waals surface area contributed by atoms with Gasteiger partial charge < -0.3 is 14.8 Å². The number of carbonyl (C=O) groups is 1. The van der Waals surface area contributed by atoms with E-state index in [9.17, 15) is 13.2 Å². The third-order valence-corrected chi connectivity index (χ3v) is 8.15. The first-order valence-electron chi connectivity index (χ1n) is 11.3. The number of aryl methyl sites for hydroxylation is 1. The van der Waals surface area contributed by atoms with Crippen LogP contribution in [-0.2, 0) is 10.0 Å². The normalized spacial score (nSPS) is 16.6. The van der Waals surface area contributed by atoms with Crippen molar-refractivity contribution in [3.05, 3.63) is 71.8 Å². The van der Waals surface area contributed by atoms with Crippen molar-refractivity contribution in [2.75, 3.05) is 18.4 Å². The lowest BCUT2D eigenvalue weighted by Gasteiger charge is -2.30. The van der Waals surface area contributed by atoms with Crippen molar-refractivity contribution in [3.8, 4) is 23.0 Å². The Morgan fingerprint density at radius 1 is 1.00 bits per heavy atom. The Morgan fingerprint density at radius 2 is 1.74 bits per heavy atom. The second-order valence-electron chi connectivity index (χ2n) is 8.85. The van der Waals surface area contributed by atoms with Crippen LogP contribution in [0.25, 0.3) is 0 Å². The fourth-order valence-corrected chi connectivity index (χ4v) is 5.78. The van der Waals surface area contributed by atoms with E-state index in [0.717, 1.165) is 18.4 Å². The molecule has 2 aliphatic heterocycles. The number of piperidine rings is 1. The lowest BCUT2D eigenvalue weighted by molar-refractivity contribution is 0.102. The zero-order valence-corrected chi connectivity index (χ0v) is 19.9. The first kappa shape index (κ1) is 22.4. The third-order valence-electron chi connectivity index (χ3n) is 6.23. The molecule has 0 unspecified atom stereocenters. The lowest BCUT2D eigenvalue weighted by Crippen LogP contribution is -2.38. The van der Waals surface area contributed by atoms with Crippen LogP contribution in [-0.4, -0.2) is 31.7 Å². The van der Waals surface area contributed by atoms with Crippen molar-refractivity contribution in [1.29, 1.82) is 0 Å².